The summed E-state index contributed by atoms with van der Waals surface area (Å²) in [6.07, 6.45) is 0. The zero-order chi connectivity index (χ0) is 26.5. The van der Waals surface area contributed by atoms with Gasteiger partial charge >= 0.3 is 156 Å². The second kappa shape index (κ2) is 9.73. The fraction of sp³-hybridized carbons (Fsp3) is 0. The van der Waals surface area contributed by atoms with Gasteiger partial charge in [0.2, 0.25) is 0 Å². The number of aromatic nitrogens is 1. The van der Waals surface area contributed by atoms with E-state index in [1.165, 1.54) is 52.1 Å². The fourth-order valence-electron chi connectivity index (χ4n) is 5.51. The summed E-state index contributed by atoms with van der Waals surface area (Å²) >= 11 is 2.34. The van der Waals surface area contributed by atoms with Gasteiger partial charge in [0, 0.05) is 11.1 Å². The van der Waals surface area contributed by atoms with Crippen molar-refractivity contribution in [2.24, 2.45) is 0 Å². The van der Waals surface area contributed by atoms with Crippen molar-refractivity contribution in [3.8, 4) is 44.1 Å². The van der Waals surface area contributed by atoms with Crippen molar-refractivity contribution in [3.05, 3.63) is 138 Å². The second-order valence-corrected chi connectivity index (χ2v) is 13.0. The summed E-state index contributed by atoms with van der Waals surface area (Å²) in [7, 11) is 0. The van der Waals surface area contributed by atoms with E-state index >= 15 is 0 Å². The maximum absolute atomic E-state index is 5.03. The molecule has 0 spiro atoms. The fourth-order valence-corrected chi connectivity index (χ4v) is 8.65. The number of pyridine rings is 1. The molecule has 0 bridgehead atoms. The number of thiophene rings is 1. The number of rotatable bonds is 4. The molecule has 0 saturated heterocycles. The molecule has 1 nitrogen and oxygen atoms in total. The molecule has 3 heteroatoms. The molecule has 40 heavy (non-hydrogen) atoms. The minimum atomic E-state index is 0.437. The maximum atomic E-state index is 5.03. The Bertz CT molecular complexity index is 2080. The van der Waals surface area contributed by atoms with Gasteiger partial charge in [-0.1, -0.05) is 60.7 Å². The molecule has 8 rings (SSSR count). The molecule has 188 valence electrons. The zero-order valence-corrected chi connectivity index (χ0v) is 24.1. The Balaban J connectivity index is 1.20. The van der Waals surface area contributed by atoms with E-state index in [4.69, 9.17) is 4.98 Å². The summed E-state index contributed by atoms with van der Waals surface area (Å²) in [5.74, 6) is 0. The van der Waals surface area contributed by atoms with Gasteiger partial charge in [0.15, 0.2) is 0 Å². The van der Waals surface area contributed by atoms with Crippen molar-refractivity contribution in [1.82, 2.24) is 4.98 Å². The Hall–Kier alpha value is -4.27. The molecule has 0 aliphatic carbocycles. The summed E-state index contributed by atoms with van der Waals surface area (Å²) in [6, 6.07) is 48.1. The number of nitrogens with zero attached hydrogens (tertiary/aromatic N) is 1. The van der Waals surface area contributed by atoms with Crippen molar-refractivity contribution in [3.63, 3.8) is 0 Å². The van der Waals surface area contributed by atoms with Crippen LogP contribution < -0.4 is 0 Å². The van der Waals surface area contributed by atoms with Crippen LogP contribution in [-0.2, 0) is 0 Å². The first-order valence-corrected chi connectivity index (χ1v) is 16.0. The standard InChI is InChI=1S/C37H23NSSe/c1-3-7-25(8-4-1)33-21-30(22-34(38-33)26-9-5-2-6-10-26)24-11-13-27(14-12-24)35-23-29-16-18-32-31(36(29)39-35)17-15-28-19-20-40-37(28)32/h1-23H. The molecule has 3 heterocycles. The van der Waals surface area contributed by atoms with Crippen molar-refractivity contribution < 1.29 is 0 Å². The number of hydrogen-bond donors (Lipinski definition) is 0. The van der Waals surface area contributed by atoms with Gasteiger partial charge in [0.05, 0.1) is 11.4 Å². The summed E-state index contributed by atoms with van der Waals surface area (Å²) in [5.41, 5.74) is 7.84. The number of benzene rings is 5. The van der Waals surface area contributed by atoms with E-state index in [0.29, 0.717) is 14.5 Å². The van der Waals surface area contributed by atoms with Gasteiger partial charge < -0.3 is 0 Å². The van der Waals surface area contributed by atoms with E-state index < -0.39 is 0 Å². The van der Waals surface area contributed by atoms with E-state index in [1.54, 1.807) is 0 Å². The Morgan fingerprint density at radius 3 is 1.80 bits per heavy atom. The van der Waals surface area contributed by atoms with Gasteiger partial charge in [0.1, 0.15) is 0 Å². The SMILES string of the molecule is c1ccc(-c2cc(-c3ccc(-c4cc5ccc6c(ccc7cc[se]c76)c5s4)cc3)cc(-c3ccccc3)n2)cc1. The van der Waals surface area contributed by atoms with Crippen LogP contribution in [0.2, 0.25) is 0 Å². The Labute approximate surface area is 242 Å². The molecule has 5 aromatic carbocycles. The third-order valence-electron chi connectivity index (χ3n) is 7.56. The minimum Gasteiger partial charge on any atom is -0.248 e. The molecule has 0 aliphatic rings. The Morgan fingerprint density at radius 2 is 1.10 bits per heavy atom. The van der Waals surface area contributed by atoms with Gasteiger partial charge in [0.25, 0.3) is 0 Å². The Kier molecular flexibility index (Phi) is 5.74. The van der Waals surface area contributed by atoms with Gasteiger partial charge in [-0.15, -0.1) is 0 Å². The van der Waals surface area contributed by atoms with Crippen LogP contribution in [0.15, 0.2) is 138 Å². The van der Waals surface area contributed by atoms with Crippen molar-refractivity contribution in [2.75, 3.05) is 0 Å². The van der Waals surface area contributed by atoms with Crippen molar-refractivity contribution >= 4 is 56.3 Å². The molecule has 3 aromatic heterocycles. The van der Waals surface area contributed by atoms with Gasteiger partial charge in [-0.2, -0.15) is 0 Å². The van der Waals surface area contributed by atoms with E-state index in [1.807, 2.05) is 23.5 Å². The molecule has 0 aliphatic heterocycles. The summed E-state index contributed by atoms with van der Waals surface area (Å²) < 4.78 is 2.91. The first-order chi connectivity index (χ1) is 19.8. The quantitative estimate of drug-likeness (QED) is 0.185. The summed E-state index contributed by atoms with van der Waals surface area (Å²) in [4.78, 5) is 8.67. The van der Waals surface area contributed by atoms with Crippen LogP contribution in [0.1, 0.15) is 0 Å². The average Bonchev–Trinajstić information content (AvgIpc) is 3.69. The molecule has 0 saturated carbocycles. The average molecular weight is 593 g/mol. The predicted octanol–water partition coefficient (Wildman–Crippen LogP) is 10.3. The van der Waals surface area contributed by atoms with E-state index in [9.17, 15) is 0 Å². The van der Waals surface area contributed by atoms with E-state index in [-0.39, 0.29) is 0 Å². The number of hydrogen-bond acceptors (Lipinski definition) is 2. The summed E-state index contributed by atoms with van der Waals surface area (Å²) in [6.45, 7) is 0. The van der Waals surface area contributed by atoms with Crippen molar-refractivity contribution in [1.29, 1.82) is 0 Å². The second-order valence-electron chi connectivity index (χ2n) is 10.0. The van der Waals surface area contributed by atoms with E-state index in [0.717, 1.165) is 22.5 Å². The third-order valence-corrected chi connectivity index (χ3v) is 10.8. The molecule has 0 amide bonds. The molecule has 0 fully saturated rings. The minimum absolute atomic E-state index is 0.437. The topological polar surface area (TPSA) is 12.9 Å². The Morgan fingerprint density at radius 1 is 0.475 bits per heavy atom. The first kappa shape index (κ1) is 23.6. The third kappa shape index (κ3) is 4.11. The summed E-state index contributed by atoms with van der Waals surface area (Å²) in [5, 5.41) is 5.51. The number of fused-ring (bicyclic) bond motifs is 5. The van der Waals surface area contributed by atoms with Crippen molar-refractivity contribution in [2.45, 2.75) is 0 Å². The van der Waals surface area contributed by atoms with Gasteiger partial charge in [-0.05, 0) is 0 Å². The van der Waals surface area contributed by atoms with Gasteiger partial charge in [-0.3, -0.25) is 0 Å². The predicted molar refractivity (Wildman–Crippen MR) is 173 cm³/mol. The van der Waals surface area contributed by atoms with Crippen LogP contribution in [0.5, 0.6) is 0 Å². The normalized spacial score (nSPS) is 11.5. The van der Waals surface area contributed by atoms with Crippen LogP contribution >= 0.6 is 11.3 Å². The monoisotopic (exact) mass is 593 g/mol. The molecular weight excluding hydrogens is 569 g/mol. The van der Waals surface area contributed by atoms with Crippen LogP contribution in [0.25, 0.3) is 74.6 Å². The zero-order valence-electron chi connectivity index (χ0n) is 21.5. The smallest absolute Gasteiger partial charge is 0.248 e. The first-order valence-electron chi connectivity index (χ1n) is 13.4. The van der Waals surface area contributed by atoms with Crippen LogP contribution in [-0.4, -0.2) is 19.5 Å². The van der Waals surface area contributed by atoms with Crippen LogP contribution in [0.4, 0.5) is 0 Å². The van der Waals surface area contributed by atoms with E-state index in [2.05, 4.69) is 126 Å². The van der Waals surface area contributed by atoms with Crippen LogP contribution in [0, 0.1) is 0 Å². The molecule has 8 aromatic rings. The molecule has 0 radical (unpaired) electrons. The molecular formula is C37H23NSSe. The molecule has 0 N–H and O–H groups in total. The van der Waals surface area contributed by atoms with Gasteiger partial charge in [-0.25, -0.2) is 4.98 Å². The molecule has 0 atom stereocenters. The van der Waals surface area contributed by atoms with Crippen LogP contribution in [0.3, 0.4) is 0 Å². The molecule has 0 unspecified atom stereocenters.